The van der Waals surface area contributed by atoms with Crippen molar-refractivity contribution >= 4 is 11.8 Å². The van der Waals surface area contributed by atoms with E-state index in [4.69, 9.17) is 4.74 Å². The van der Waals surface area contributed by atoms with Crippen molar-refractivity contribution in [2.45, 2.75) is 18.9 Å². The number of aromatic nitrogens is 1. The van der Waals surface area contributed by atoms with E-state index >= 15 is 0 Å². The van der Waals surface area contributed by atoms with E-state index in [9.17, 15) is 9.59 Å². The van der Waals surface area contributed by atoms with Crippen LogP contribution in [0, 0.1) is 0 Å². The number of hydrogen-bond donors (Lipinski definition) is 1. The molecule has 102 valence electrons. The minimum absolute atomic E-state index is 0.0968. The normalized spacial score (nSPS) is 13.8. The Morgan fingerprint density at radius 2 is 1.95 bits per heavy atom. The highest BCUT2D eigenvalue weighted by Gasteiger charge is 2.29. The van der Waals surface area contributed by atoms with Gasteiger partial charge in [0, 0.05) is 33.5 Å². The minimum atomic E-state index is -0.309. The Bertz CT molecular complexity index is 510. The van der Waals surface area contributed by atoms with Crippen LogP contribution in [-0.4, -0.2) is 48.9 Å². The number of nitrogens with zero attached hydrogens (tertiary/aromatic N) is 2. The molecule has 19 heavy (non-hydrogen) atoms. The molecule has 1 aromatic heterocycles. The van der Waals surface area contributed by atoms with Gasteiger partial charge in [0.15, 0.2) is 0 Å². The van der Waals surface area contributed by atoms with Gasteiger partial charge in [-0.1, -0.05) is 0 Å². The second-order valence-corrected chi connectivity index (χ2v) is 4.66. The molecule has 0 saturated heterocycles. The van der Waals surface area contributed by atoms with Crippen molar-refractivity contribution in [3.05, 3.63) is 23.5 Å². The number of hydrogen-bond acceptors (Lipinski definition) is 4. The van der Waals surface area contributed by atoms with E-state index in [2.05, 4.69) is 10.3 Å². The number of ether oxygens (including phenoxy) is 1. The van der Waals surface area contributed by atoms with E-state index in [0.29, 0.717) is 16.9 Å². The van der Waals surface area contributed by atoms with Gasteiger partial charge >= 0.3 is 0 Å². The van der Waals surface area contributed by atoms with Crippen LogP contribution in [0.25, 0.3) is 0 Å². The topological polar surface area (TPSA) is 71.5 Å². The van der Waals surface area contributed by atoms with Crippen LogP contribution in [0.5, 0.6) is 5.75 Å². The molecule has 0 aliphatic heterocycles. The van der Waals surface area contributed by atoms with Crippen molar-refractivity contribution in [2.24, 2.45) is 0 Å². The quantitative estimate of drug-likeness (QED) is 0.867. The highest BCUT2D eigenvalue weighted by atomic mass is 16.5. The van der Waals surface area contributed by atoms with Crippen LogP contribution >= 0.6 is 0 Å². The summed E-state index contributed by atoms with van der Waals surface area (Å²) in [7, 11) is 4.83. The highest BCUT2D eigenvalue weighted by molar-refractivity contribution is 6.03. The van der Waals surface area contributed by atoms with Gasteiger partial charge in [0.2, 0.25) is 0 Å². The zero-order chi connectivity index (χ0) is 14.0. The summed E-state index contributed by atoms with van der Waals surface area (Å²) in [4.78, 5) is 29.3. The predicted octanol–water partition coefficient (Wildman–Crippen LogP) is 0.684. The van der Waals surface area contributed by atoms with Gasteiger partial charge in [0.25, 0.3) is 11.8 Å². The maximum absolute atomic E-state index is 12.1. The number of carbonyl (C=O) groups excluding carboxylic acids is 2. The van der Waals surface area contributed by atoms with Gasteiger partial charge in [0.1, 0.15) is 16.9 Å². The Morgan fingerprint density at radius 1 is 1.32 bits per heavy atom. The molecule has 6 nitrogen and oxygen atoms in total. The van der Waals surface area contributed by atoms with Crippen LogP contribution < -0.4 is 10.1 Å². The second-order valence-electron chi connectivity index (χ2n) is 4.66. The lowest BCUT2D eigenvalue weighted by Gasteiger charge is -2.16. The second kappa shape index (κ2) is 5.26. The van der Waals surface area contributed by atoms with Crippen molar-refractivity contribution in [1.82, 2.24) is 15.2 Å². The SMILES string of the molecule is CNC(=O)c1cncc(C(=O)N(C)C)c1OC1CC1. The van der Waals surface area contributed by atoms with E-state index in [1.165, 1.54) is 24.3 Å². The van der Waals surface area contributed by atoms with E-state index in [1.807, 2.05) is 0 Å². The van der Waals surface area contributed by atoms with Crippen molar-refractivity contribution in [3.63, 3.8) is 0 Å². The minimum Gasteiger partial charge on any atom is -0.489 e. The molecule has 0 unspecified atom stereocenters. The average Bonchev–Trinajstić information content (AvgIpc) is 3.21. The number of nitrogens with one attached hydrogen (secondary N) is 1. The van der Waals surface area contributed by atoms with Crippen LogP contribution in [0.15, 0.2) is 12.4 Å². The van der Waals surface area contributed by atoms with E-state index in [1.54, 1.807) is 14.1 Å². The number of rotatable bonds is 4. The molecule has 1 saturated carbocycles. The first-order valence-corrected chi connectivity index (χ1v) is 6.13. The molecule has 0 atom stereocenters. The van der Waals surface area contributed by atoms with Gasteiger partial charge in [-0.3, -0.25) is 14.6 Å². The van der Waals surface area contributed by atoms with Crippen molar-refractivity contribution in [2.75, 3.05) is 21.1 Å². The Morgan fingerprint density at radius 3 is 2.47 bits per heavy atom. The average molecular weight is 263 g/mol. The summed E-state index contributed by atoms with van der Waals surface area (Å²) in [6, 6.07) is 0. The Balaban J connectivity index is 2.45. The molecule has 1 aliphatic carbocycles. The molecule has 1 aliphatic rings. The summed E-state index contributed by atoms with van der Waals surface area (Å²) in [5.74, 6) is -0.207. The van der Waals surface area contributed by atoms with Crippen molar-refractivity contribution in [3.8, 4) is 5.75 Å². The fourth-order valence-corrected chi connectivity index (χ4v) is 1.62. The number of amides is 2. The molecule has 1 aromatic rings. The molecule has 2 rings (SSSR count). The van der Waals surface area contributed by atoms with Crippen LogP contribution in [-0.2, 0) is 0 Å². The summed E-state index contributed by atoms with van der Waals surface area (Å²) in [6.07, 6.45) is 4.85. The zero-order valence-corrected chi connectivity index (χ0v) is 11.3. The standard InChI is InChI=1S/C13H17N3O3/c1-14-12(17)9-6-15-7-10(13(18)16(2)3)11(9)19-8-4-5-8/h6-8H,4-5H2,1-3H3,(H,14,17). The Labute approximate surface area is 111 Å². The van der Waals surface area contributed by atoms with Gasteiger partial charge in [-0.15, -0.1) is 0 Å². The molecule has 0 aromatic carbocycles. The first kappa shape index (κ1) is 13.3. The monoisotopic (exact) mass is 263 g/mol. The van der Waals surface area contributed by atoms with Crippen LogP contribution in [0.1, 0.15) is 33.6 Å². The Hall–Kier alpha value is -2.11. The fraction of sp³-hybridized carbons (Fsp3) is 0.462. The molecular weight excluding hydrogens is 246 g/mol. The molecule has 2 amide bonds. The summed E-state index contributed by atoms with van der Waals surface area (Å²) >= 11 is 0. The molecule has 0 bridgehead atoms. The number of pyridine rings is 1. The summed E-state index contributed by atoms with van der Waals surface area (Å²) < 4.78 is 5.73. The number of carbonyl (C=O) groups is 2. The van der Waals surface area contributed by atoms with Gasteiger partial charge < -0.3 is 15.0 Å². The first-order chi connectivity index (χ1) is 9.04. The fourth-order valence-electron chi connectivity index (χ4n) is 1.62. The molecule has 1 heterocycles. The highest BCUT2D eigenvalue weighted by Crippen LogP contribution is 2.32. The van der Waals surface area contributed by atoms with Crippen LogP contribution in [0.4, 0.5) is 0 Å². The van der Waals surface area contributed by atoms with Crippen LogP contribution in [0.2, 0.25) is 0 Å². The lowest BCUT2D eigenvalue weighted by Crippen LogP contribution is -2.25. The lowest BCUT2D eigenvalue weighted by molar-refractivity contribution is 0.0822. The predicted molar refractivity (Wildman–Crippen MR) is 69.3 cm³/mol. The maximum Gasteiger partial charge on any atom is 0.258 e. The summed E-state index contributed by atoms with van der Waals surface area (Å²) in [5, 5.41) is 2.53. The molecule has 0 radical (unpaired) electrons. The van der Waals surface area contributed by atoms with Gasteiger partial charge in [-0.25, -0.2) is 0 Å². The van der Waals surface area contributed by atoms with E-state index in [-0.39, 0.29) is 17.9 Å². The first-order valence-electron chi connectivity index (χ1n) is 6.13. The molecule has 0 spiro atoms. The van der Waals surface area contributed by atoms with Crippen molar-refractivity contribution in [1.29, 1.82) is 0 Å². The molecular formula is C13H17N3O3. The van der Waals surface area contributed by atoms with Gasteiger partial charge in [-0.2, -0.15) is 0 Å². The third-order valence-electron chi connectivity index (χ3n) is 2.81. The van der Waals surface area contributed by atoms with Crippen LogP contribution in [0.3, 0.4) is 0 Å². The summed E-state index contributed by atoms with van der Waals surface area (Å²) in [6.45, 7) is 0. The maximum atomic E-state index is 12.1. The van der Waals surface area contributed by atoms with Gasteiger partial charge in [-0.05, 0) is 12.8 Å². The zero-order valence-electron chi connectivity index (χ0n) is 11.3. The lowest BCUT2D eigenvalue weighted by atomic mass is 10.1. The Kier molecular flexibility index (Phi) is 3.69. The largest absolute Gasteiger partial charge is 0.489 e. The van der Waals surface area contributed by atoms with E-state index in [0.717, 1.165) is 12.8 Å². The molecule has 1 N–H and O–H groups in total. The third-order valence-corrected chi connectivity index (χ3v) is 2.81. The van der Waals surface area contributed by atoms with E-state index < -0.39 is 0 Å². The summed E-state index contributed by atoms with van der Waals surface area (Å²) in [5.41, 5.74) is 0.611. The van der Waals surface area contributed by atoms with Crippen molar-refractivity contribution < 1.29 is 14.3 Å². The smallest absolute Gasteiger partial charge is 0.258 e. The third kappa shape index (κ3) is 2.83. The van der Waals surface area contributed by atoms with Gasteiger partial charge in [0.05, 0.1) is 6.10 Å². The molecule has 1 fully saturated rings. The molecule has 6 heteroatoms.